The van der Waals surface area contributed by atoms with Crippen LogP contribution in [0.4, 0.5) is 5.82 Å². The first-order chi connectivity index (χ1) is 12.0. The van der Waals surface area contributed by atoms with Crippen molar-refractivity contribution in [1.29, 1.82) is 0 Å². The summed E-state index contributed by atoms with van der Waals surface area (Å²) in [6, 6.07) is 3.76. The smallest absolute Gasteiger partial charge is 0.276 e. The first-order valence-electron chi connectivity index (χ1n) is 8.05. The second-order valence-corrected chi connectivity index (χ2v) is 5.72. The quantitative estimate of drug-likeness (QED) is 0.763. The molecule has 3 aromatic rings. The largest absolute Gasteiger partial charge is 0.382 e. The van der Waals surface area contributed by atoms with Gasteiger partial charge >= 0.3 is 0 Å². The van der Waals surface area contributed by atoms with Crippen molar-refractivity contribution in [2.45, 2.75) is 27.2 Å². The van der Waals surface area contributed by atoms with E-state index in [0.717, 1.165) is 23.3 Å². The summed E-state index contributed by atoms with van der Waals surface area (Å²) in [4.78, 5) is 25.6. The lowest BCUT2D eigenvalue weighted by Gasteiger charge is -2.11. The minimum Gasteiger partial charge on any atom is -0.382 e. The van der Waals surface area contributed by atoms with E-state index in [4.69, 9.17) is 5.73 Å². The Morgan fingerprint density at radius 1 is 1.32 bits per heavy atom. The number of amides is 1. The number of fused-ring (bicyclic) bond motifs is 1. The van der Waals surface area contributed by atoms with Crippen molar-refractivity contribution in [1.82, 2.24) is 24.7 Å². The molecule has 0 radical (unpaired) electrons. The van der Waals surface area contributed by atoms with Crippen LogP contribution in [0.3, 0.4) is 0 Å². The van der Waals surface area contributed by atoms with Crippen LogP contribution >= 0.6 is 0 Å². The summed E-state index contributed by atoms with van der Waals surface area (Å²) in [5.74, 6) is -0.102. The van der Waals surface area contributed by atoms with Crippen molar-refractivity contribution in [3.05, 3.63) is 53.9 Å². The van der Waals surface area contributed by atoms with Gasteiger partial charge in [-0.05, 0) is 32.4 Å². The zero-order valence-corrected chi connectivity index (χ0v) is 14.4. The van der Waals surface area contributed by atoms with Crippen molar-refractivity contribution in [3.8, 4) is 11.3 Å². The predicted molar refractivity (Wildman–Crippen MR) is 97.0 cm³/mol. The third-order valence-electron chi connectivity index (χ3n) is 3.85. The number of nitrogens with one attached hydrogen (secondary N) is 1. The third-order valence-corrected chi connectivity index (χ3v) is 3.85. The van der Waals surface area contributed by atoms with E-state index in [1.165, 1.54) is 0 Å². The second-order valence-electron chi connectivity index (χ2n) is 5.72. The average molecular weight is 336 g/mol. The van der Waals surface area contributed by atoms with Crippen molar-refractivity contribution >= 4 is 17.4 Å². The second kappa shape index (κ2) is 6.72. The Kier molecular flexibility index (Phi) is 4.47. The van der Waals surface area contributed by atoms with Crippen molar-refractivity contribution in [3.63, 3.8) is 0 Å². The number of nitrogen functional groups attached to an aromatic ring is 1. The molecule has 0 unspecified atom stereocenters. The van der Waals surface area contributed by atoms with Crippen LogP contribution in [0.1, 0.15) is 35.2 Å². The topological polar surface area (TPSA) is 98.2 Å². The Bertz CT molecular complexity index is 973. The summed E-state index contributed by atoms with van der Waals surface area (Å²) in [7, 11) is 0. The highest BCUT2D eigenvalue weighted by molar-refractivity contribution is 5.99. The molecule has 0 fully saturated rings. The van der Waals surface area contributed by atoms with Gasteiger partial charge in [-0.15, -0.1) is 0 Å². The van der Waals surface area contributed by atoms with Gasteiger partial charge in [0.2, 0.25) is 0 Å². The number of hydrogen-bond acceptors (Lipinski definition) is 5. The van der Waals surface area contributed by atoms with Gasteiger partial charge in [-0.2, -0.15) is 0 Å². The number of aromatic nitrogens is 4. The molecular weight excluding hydrogens is 316 g/mol. The summed E-state index contributed by atoms with van der Waals surface area (Å²) >= 11 is 0. The maximum absolute atomic E-state index is 12.5. The van der Waals surface area contributed by atoms with Crippen LogP contribution in [-0.2, 0) is 0 Å². The van der Waals surface area contributed by atoms with Gasteiger partial charge < -0.3 is 15.5 Å². The Hall–Kier alpha value is -3.22. The summed E-state index contributed by atoms with van der Waals surface area (Å²) < 4.78 is 1.95. The fraction of sp³-hybridized carbons (Fsp3) is 0.222. The number of anilines is 1. The highest BCUT2D eigenvalue weighted by atomic mass is 16.1. The zero-order valence-electron chi connectivity index (χ0n) is 14.4. The van der Waals surface area contributed by atoms with Gasteiger partial charge in [0.05, 0.1) is 5.69 Å². The molecule has 3 heterocycles. The van der Waals surface area contributed by atoms with Crippen LogP contribution in [0, 0.1) is 13.8 Å². The minimum absolute atomic E-state index is 0.195. The van der Waals surface area contributed by atoms with Crippen LogP contribution in [0.2, 0.25) is 0 Å². The number of allylic oxidation sites excluding steroid dienone is 1. The predicted octanol–water partition coefficient (Wildman–Crippen LogP) is 2.64. The van der Waals surface area contributed by atoms with Crippen molar-refractivity contribution in [2.75, 3.05) is 5.73 Å². The number of imidazole rings is 1. The van der Waals surface area contributed by atoms with Gasteiger partial charge in [0.25, 0.3) is 5.91 Å². The molecule has 128 valence electrons. The highest BCUT2D eigenvalue weighted by Crippen LogP contribution is 2.24. The number of aryl methyl sites for hydroxylation is 2. The van der Waals surface area contributed by atoms with Gasteiger partial charge in [-0.25, -0.2) is 15.0 Å². The number of hydrogen-bond donors (Lipinski definition) is 2. The molecule has 0 atom stereocenters. The monoisotopic (exact) mass is 336 g/mol. The molecule has 0 saturated heterocycles. The fourth-order valence-electron chi connectivity index (χ4n) is 2.46. The molecule has 0 spiro atoms. The molecule has 0 aliphatic rings. The van der Waals surface area contributed by atoms with Gasteiger partial charge in [-0.1, -0.05) is 13.0 Å². The minimum atomic E-state index is -0.346. The Balaban J connectivity index is 2.12. The maximum atomic E-state index is 12.5. The van der Waals surface area contributed by atoms with Gasteiger partial charge in [0, 0.05) is 29.9 Å². The third kappa shape index (κ3) is 3.21. The number of pyridine rings is 1. The highest BCUT2D eigenvalue weighted by Gasteiger charge is 2.18. The molecule has 0 aliphatic carbocycles. The number of nitrogens with two attached hydrogens (primary N) is 1. The standard InChI is InChI=1S/C18H20N6O/c1-4-5-8-20-18(25)16-15(22-12(3)17(19)23-16)13-6-7-14-21-9-11(2)24(14)10-13/h5-10H,4H2,1-3H3,(H2,19,23)(H,20,25)/b8-5-. The summed E-state index contributed by atoms with van der Waals surface area (Å²) in [6.45, 7) is 5.72. The van der Waals surface area contributed by atoms with Gasteiger partial charge in [0.15, 0.2) is 5.69 Å². The molecule has 7 nitrogen and oxygen atoms in total. The molecule has 0 aliphatic heterocycles. The van der Waals surface area contributed by atoms with E-state index in [-0.39, 0.29) is 17.4 Å². The first-order valence-corrected chi connectivity index (χ1v) is 8.05. The molecule has 25 heavy (non-hydrogen) atoms. The van der Waals surface area contributed by atoms with E-state index in [9.17, 15) is 4.79 Å². The lowest BCUT2D eigenvalue weighted by atomic mass is 10.1. The fourth-order valence-corrected chi connectivity index (χ4v) is 2.46. The summed E-state index contributed by atoms with van der Waals surface area (Å²) in [5.41, 5.74) is 9.74. The molecule has 3 N–H and O–H groups in total. The Morgan fingerprint density at radius 3 is 2.88 bits per heavy atom. The van der Waals surface area contributed by atoms with E-state index in [1.54, 1.807) is 19.3 Å². The van der Waals surface area contributed by atoms with Crippen molar-refractivity contribution in [2.24, 2.45) is 0 Å². The molecule has 7 heteroatoms. The molecule has 0 saturated carbocycles. The lowest BCUT2D eigenvalue weighted by Crippen LogP contribution is -2.21. The number of carbonyl (C=O) groups is 1. The average Bonchev–Trinajstić information content (AvgIpc) is 2.97. The summed E-state index contributed by atoms with van der Waals surface area (Å²) in [6.07, 6.45) is 7.97. The van der Waals surface area contributed by atoms with Gasteiger partial charge in [-0.3, -0.25) is 4.79 Å². The SMILES string of the molecule is CC/C=C\NC(=O)c1nc(N)c(C)nc1-c1ccc2ncc(C)n2c1. The van der Waals surface area contributed by atoms with E-state index in [2.05, 4.69) is 20.3 Å². The van der Waals surface area contributed by atoms with E-state index in [1.807, 2.05) is 42.7 Å². The lowest BCUT2D eigenvalue weighted by molar-refractivity contribution is 0.0965. The van der Waals surface area contributed by atoms with Crippen molar-refractivity contribution < 1.29 is 4.79 Å². The Labute approximate surface area is 145 Å². The van der Waals surface area contributed by atoms with Crippen LogP contribution in [-0.4, -0.2) is 25.3 Å². The normalized spacial score (nSPS) is 11.3. The molecular formula is C18H20N6O. The van der Waals surface area contributed by atoms with E-state index < -0.39 is 0 Å². The molecule has 1 amide bonds. The molecule has 0 aromatic carbocycles. The summed E-state index contributed by atoms with van der Waals surface area (Å²) in [5, 5.41) is 2.70. The maximum Gasteiger partial charge on any atom is 0.276 e. The Morgan fingerprint density at radius 2 is 2.12 bits per heavy atom. The van der Waals surface area contributed by atoms with Crippen LogP contribution in [0.25, 0.3) is 16.9 Å². The number of nitrogens with zero attached hydrogens (tertiary/aromatic N) is 4. The molecule has 3 aromatic heterocycles. The van der Waals surface area contributed by atoms with E-state index in [0.29, 0.717) is 11.4 Å². The van der Waals surface area contributed by atoms with E-state index >= 15 is 0 Å². The first kappa shape index (κ1) is 16.6. The number of rotatable bonds is 4. The van der Waals surface area contributed by atoms with Crippen LogP contribution in [0.5, 0.6) is 0 Å². The molecule has 3 rings (SSSR count). The number of carbonyl (C=O) groups excluding carboxylic acids is 1. The molecule has 0 bridgehead atoms. The van der Waals surface area contributed by atoms with Crippen LogP contribution in [0.15, 0.2) is 36.8 Å². The van der Waals surface area contributed by atoms with Gasteiger partial charge in [0.1, 0.15) is 17.2 Å². The van der Waals surface area contributed by atoms with Crippen LogP contribution < -0.4 is 11.1 Å². The zero-order chi connectivity index (χ0) is 18.0.